The molecule has 2 aromatic rings. The van der Waals surface area contributed by atoms with Crippen LogP contribution >= 0.6 is 11.3 Å². The lowest BCUT2D eigenvalue weighted by molar-refractivity contribution is 0.0938. The van der Waals surface area contributed by atoms with Crippen molar-refractivity contribution in [2.24, 2.45) is 11.7 Å². The van der Waals surface area contributed by atoms with Crippen molar-refractivity contribution in [1.29, 1.82) is 0 Å². The molecule has 0 aliphatic rings. The quantitative estimate of drug-likeness (QED) is 0.788. The van der Waals surface area contributed by atoms with Crippen molar-refractivity contribution in [3.05, 3.63) is 47.3 Å². The van der Waals surface area contributed by atoms with Crippen LogP contribution in [0.5, 0.6) is 0 Å². The van der Waals surface area contributed by atoms with Crippen LogP contribution in [0.15, 0.2) is 51.6 Å². The third-order valence-electron chi connectivity index (χ3n) is 3.50. The predicted molar refractivity (Wildman–Crippen MR) is 96.0 cm³/mol. The molecule has 3 N–H and O–H groups in total. The van der Waals surface area contributed by atoms with Gasteiger partial charge < -0.3 is 11.1 Å². The Hall–Kier alpha value is -1.70. The van der Waals surface area contributed by atoms with Gasteiger partial charge in [-0.05, 0) is 36.6 Å². The molecule has 1 atom stereocenters. The van der Waals surface area contributed by atoms with Gasteiger partial charge in [0.2, 0.25) is 9.84 Å². The molecule has 0 saturated carbocycles. The van der Waals surface area contributed by atoms with Crippen LogP contribution in [0.1, 0.15) is 29.9 Å². The molecule has 0 bridgehead atoms. The molecule has 7 heteroatoms. The molecule has 0 radical (unpaired) electrons. The second-order valence-electron chi connectivity index (χ2n) is 5.97. The predicted octanol–water partition coefficient (Wildman–Crippen LogP) is 2.68. The largest absolute Gasteiger partial charge is 0.347 e. The highest BCUT2D eigenvalue weighted by Crippen LogP contribution is 2.27. The molecule has 5 nitrogen and oxygen atoms in total. The molecule has 0 saturated heterocycles. The minimum Gasteiger partial charge on any atom is -0.347 e. The van der Waals surface area contributed by atoms with Gasteiger partial charge in [0.15, 0.2) is 0 Å². The van der Waals surface area contributed by atoms with Gasteiger partial charge >= 0.3 is 0 Å². The summed E-state index contributed by atoms with van der Waals surface area (Å²) in [6.45, 7) is 4.47. The number of hydrogen-bond acceptors (Lipinski definition) is 5. The van der Waals surface area contributed by atoms with Gasteiger partial charge in [-0.2, -0.15) is 0 Å². The number of hydrogen-bond donors (Lipinski definition) is 2. The minimum absolute atomic E-state index is 0.117. The number of amides is 1. The highest BCUT2D eigenvalue weighted by atomic mass is 32.2. The number of thiophene rings is 1. The molecular formula is C17H22N2O3S2. The second-order valence-corrected chi connectivity index (χ2v) is 9.23. The zero-order chi connectivity index (χ0) is 17.7. The number of nitrogens with two attached hydrogens (primary N) is 1. The molecule has 24 heavy (non-hydrogen) atoms. The summed E-state index contributed by atoms with van der Waals surface area (Å²) in [5, 5.41) is 2.87. The van der Waals surface area contributed by atoms with Crippen LogP contribution in [0.4, 0.5) is 0 Å². The standard InChI is InChI=1S/C17H22N2O3S2/c1-12(2)10-13(11-18)19-17(20)15-8-9-16(23-15)24(21,22)14-6-4-3-5-7-14/h3-9,12-13H,10-11,18H2,1-2H3,(H,19,20). The van der Waals surface area contributed by atoms with E-state index in [4.69, 9.17) is 5.73 Å². The van der Waals surface area contributed by atoms with E-state index in [9.17, 15) is 13.2 Å². The number of nitrogens with one attached hydrogen (secondary N) is 1. The summed E-state index contributed by atoms with van der Waals surface area (Å²) in [7, 11) is -3.59. The lowest BCUT2D eigenvalue weighted by atomic mass is 10.0. The van der Waals surface area contributed by atoms with Gasteiger partial charge in [-0.1, -0.05) is 32.0 Å². The van der Waals surface area contributed by atoms with Crippen LogP contribution < -0.4 is 11.1 Å². The SMILES string of the molecule is CC(C)CC(CN)NC(=O)c1ccc(S(=O)(=O)c2ccccc2)s1. The lowest BCUT2D eigenvalue weighted by Gasteiger charge is -2.18. The van der Waals surface area contributed by atoms with E-state index in [-0.39, 0.29) is 21.1 Å². The maximum absolute atomic E-state index is 12.6. The Morgan fingerprint density at radius 1 is 1.17 bits per heavy atom. The average molecular weight is 367 g/mol. The first-order chi connectivity index (χ1) is 11.3. The average Bonchev–Trinajstić information content (AvgIpc) is 3.05. The number of rotatable bonds is 7. The molecule has 1 unspecified atom stereocenters. The van der Waals surface area contributed by atoms with Crippen LogP contribution in [0, 0.1) is 5.92 Å². The van der Waals surface area contributed by atoms with Crippen molar-refractivity contribution in [2.45, 2.75) is 35.4 Å². The van der Waals surface area contributed by atoms with Crippen LogP contribution in [0.2, 0.25) is 0 Å². The summed E-state index contributed by atoms with van der Waals surface area (Å²) in [5.74, 6) is 0.127. The Morgan fingerprint density at radius 2 is 1.83 bits per heavy atom. The fraction of sp³-hybridized carbons (Fsp3) is 0.353. The van der Waals surface area contributed by atoms with Gasteiger partial charge in [0, 0.05) is 12.6 Å². The smallest absolute Gasteiger partial charge is 0.261 e. The highest BCUT2D eigenvalue weighted by Gasteiger charge is 2.22. The third-order valence-corrected chi connectivity index (χ3v) is 6.84. The molecule has 1 aromatic heterocycles. The number of benzene rings is 1. The van der Waals surface area contributed by atoms with Crippen molar-refractivity contribution < 1.29 is 13.2 Å². The summed E-state index contributed by atoms with van der Waals surface area (Å²) in [4.78, 5) is 12.9. The van der Waals surface area contributed by atoms with Crippen molar-refractivity contribution in [3.63, 3.8) is 0 Å². The third kappa shape index (κ3) is 4.43. The van der Waals surface area contributed by atoms with E-state index in [0.717, 1.165) is 17.8 Å². The molecule has 130 valence electrons. The minimum atomic E-state index is -3.59. The van der Waals surface area contributed by atoms with Crippen LogP contribution in [0.3, 0.4) is 0 Å². The van der Waals surface area contributed by atoms with Crippen LogP contribution in [0.25, 0.3) is 0 Å². The summed E-state index contributed by atoms with van der Waals surface area (Å²) in [5.41, 5.74) is 5.69. The van der Waals surface area contributed by atoms with E-state index in [1.54, 1.807) is 36.4 Å². The van der Waals surface area contributed by atoms with E-state index < -0.39 is 9.84 Å². The fourth-order valence-corrected chi connectivity index (χ4v) is 4.97. The number of carbonyl (C=O) groups excluding carboxylic acids is 1. The molecule has 1 aromatic carbocycles. The normalized spacial score (nSPS) is 13.0. The molecule has 0 aliphatic carbocycles. The van der Waals surface area contributed by atoms with Crippen LogP contribution in [-0.4, -0.2) is 26.9 Å². The molecule has 0 spiro atoms. The second kappa shape index (κ2) is 7.92. The van der Waals surface area contributed by atoms with Gasteiger partial charge in [0.1, 0.15) is 4.21 Å². The molecule has 0 fully saturated rings. The lowest BCUT2D eigenvalue weighted by Crippen LogP contribution is -2.40. The Balaban J connectivity index is 2.17. The number of carbonyl (C=O) groups is 1. The summed E-state index contributed by atoms with van der Waals surface area (Å²) in [6, 6.07) is 11.1. The van der Waals surface area contributed by atoms with E-state index in [2.05, 4.69) is 19.2 Å². The van der Waals surface area contributed by atoms with Crippen molar-refractivity contribution in [1.82, 2.24) is 5.32 Å². The Kier molecular flexibility index (Phi) is 6.15. The maximum Gasteiger partial charge on any atom is 0.261 e. The Labute approximate surface area is 146 Å². The van der Waals surface area contributed by atoms with Gasteiger partial charge in [0.05, 0.1) is 9.77 Å². The first-order valence-corrected chi connectivity index (χ1v) is 10.1. The summed E-state index contributed by atoms with van der Waals surface area (Å²) >= 11 is 0.973. The zero-order valence-corrected chi connectivity index (χ0v) is 15.4. The number of sulfone groups is 1. The maximum atomic E-state index is 12.6. The molecule has 1 heterocycles. The Bertz CT molecular complexity index is 783. The first-order valence-electron chi connectivity index (χ1n) is 7.75. The molecule has 0 aliphatic heterocycles. The molecular weight excluding hydrogens is 344 g/mol. The molecule has 1 amide bonds. The van der Waals surface area contributed by atoms with Gasteiger partial charge in [-0.25, -0.2) is 8.42 Å². The van der Waals surface area contributed by atoms with Crippen LogP contribution in [-0.2, 0) is 9.84 Å². The van der Waals surface area contributed by atoms with Gasteiger partial charge in [-0.15, -0.1) is 11.3 Å². The first kappa shape index (κ1) is 18.6. The monoisotopic (exact) mass is 366 g/mol. The molecule has 2 rings (SSSR count). The van der Waals surface area contributed by atoms with Gasteiger partial charge in [-0.3, -0.25) is 4.79 Å². The Morgan fingerprint density at radius 3 is 2.42 bits per heavy atom. The van der Waals surface area contributed by atoms with E-state index >= 15 is 0 Å². The summed E-state index contributed by atoms with van der Waals surface area (Å²) < 4.78 is 25.3. The topological polar surface area (TPSA) is 89.3 Å². The summed E-state index contributed by atoms with van der Waals surface area (Å²) in [6.07, 6.45) is 0.781. The van der Waals surface area contributed by atoms with Gasteiger partial charge in [0.25, 0.3) is 5.91 Å². The van der Waals surface area contributed by atoms with E-state index in [0.29, 0.717) is 17.3 Å². The van der Waals surface area contributed by atoms with E-state index in [1.807, 2.05) is 0 Å². The van der Waals surface area contributed by atoms with Crippen molar-refractivity contribution in [2.75, 3.05) is 6.54 Å². The highest BCUT2D eigenvalue weighted by molar-refractivity contribution is 7.93. The van der Waals surface area contributed by atoms with Crippen molar-refractivity contribution in [3.8, 4) is 0 Å². The zero-order valence-electron chi connectivity index (χ0n) is 13.7. The van der Waals surface area contributed by atoms with E-state index in [1.165, 1.54) is 6.07 Å². The fourth-order valence-electron chi connectivity index (χ4n) is 2.34. The van der Waals surface area contributed by atoms with Crippen molar-refractivity contribution >= 4 is 27.1 Å².